The molecule has 0 radical (unpaired) electrons. The molecule has 0 saturated heterocycles. The highest BCUT2D eigenvalue weighted by Crippen LogP contribution is 2.33. The summed E-state index contributed by atoms with van der Waals surface area (Å²) in [5, 5.41) is 0.722. The topological polar surface area (TPSA) is 81.5 Å². The van der Waals surface area contributed by atoms with Gasteiger partial charge in [-0.3, -0.25) is 19.0 Å². The predicted octanol–water partition coefficient (Wildman–Crippen LogP) is 2.14. The van der Waals surface area contributed by atoms with Gasteiger partial charge in [0.1, 0.15) is 11.4 Å². The Morgan fingerprint density at radius 2 is 2.07 bits per heavy atom. The maximum Gasteiger partial charge on any atom is 0.325 e. The van der Waals surface area contributed by atoms with Crippen LogP contribution in [0.3, 0.4) is 0 Å². The Balaban J connectivity index is 1.78. The molecule has 27 heavy (non-hydrogen) atoms. The summed E-state index contributed by atoms with van der Waals surface area (Å²) in [7, 11) is 1.30. The van der Waals surface area contributed by atoms with Crippen molar-refractivity contribution in [2.45, 2.75) is 58.5 Å². The van der Waals surface area contributed by atoms with E-state index >= 15 is 0 Å². The number of aromatic nitrogens is 2. The molecule has 2 heterocycles. The maximum atomic E-state index is 12.9. The summed E-state index contributed by atoms with van der Waals surface area (Å²) in [5.74, 6) is -0.642. The van der Waals surface area contributed by atoms with Crippen LogP contribution in [0.5, 0.6) is 0 Å². The number of aryl methyl sites for hydroxylation is 3. The molecule has 8 heteroatoms. The van der Waals surface area contributed by atoms with Gasteiger partial charge in [0.2, 0.25) is 5.91 Å². The summed E-state index contributed by atoms with van der Waals surface area (Å²) in [5.41, 5.74) is 1.07. The van der Waals surface area contributed by atoms with E-state index in [0.717, 1.165) is 41.5 Å². The van der Waals surface area contributed by atoms with Crippen LogP contribution in [0.4, 0.5) is 0 Å². The van der Waals surface area contributed by atoms with Crippen molar-refractivity contribution in [3.8, 4) is 0 Å². The van der Waals surface area contributed by atoms with Crippen molar-refractivity contribution < 1.29 is 14.3 Å². The fourth-order valence-corrected chi connectivity index (χ4v) is 4.68. The van der Waals surface area contributed by atoms with Gasteiger partial charge in [-0.15, -0.1) is 11.3 Å². The second kappa shape index (κ2) is 8.21. The van der Waals surface area contributed by atoms with E-state index in [1.54, 1.807) is 11.3 Å². The Hall–Kier alpha value is -2.22. The van der Waals surface area contributed by atoms with Gasteiger partial charge in [0, 0.05) is 23.9 Å². The number of hydrogen-bond donors (Lipinski definition) is 0. The lowest BCUT2D eigenvalue weighted by Crippen LogP contribution is -2.41. The van der Waals surface area contributed by atoms with Crippen LogP contribution in [0.1, 0.15) is 43.6 Å². The third-order valence-corrected chi connectivity index (χ3v) is 6.18. The number of rotatable bonds is 6. The minimum Gasteiger partial charge on any atom is -0.468 e. The van der Waals surface area contributed by atoms with E-state index in [2.05, 4.69) is 9.72 Å². The van der Waals surface area contributed by atoms with Gasteiger partial charge in [-0.05, 0) is 45.1 Å². The number of carbonyl (C=O) groups is 2. The zero-order chi connectivity index (χ0) is 19.6. The third-order valence-electron chi connectivity index (χ3n) is 4.98. The molecule has 0 spiro atoms. The molecule has 1 aliphatic carbocycles. The summed E-state index contributed by atoms with van der Waals surface area (Å²) in [6.45, 7) is 3.85. The molecule has 1 amide bonds. The quantitative estimate of drug-likeness (QED) is 0.705. The van der Waals surface area contributed by atoms with Crippen LogP contribution >= 0.6 is 11.3 Å². The van der Waals surface area contributed by atoms with Crippen molar-refractivity contribution in [1.29, 1.82) is 0 Å². The summed E-state index contributed by atoms with van der Waals surface area (Å²) in [6.07, 6.45) is 5.87. The Morgan fingerprint density at radius 1 is 1.33 bits per heavy atom. The lowest BCUT2D eigenvalue weighted by atomic mass is 9.97. The number of amides is 1. The number of hydrogen-bond acceptors (Lipinski definition) is 6. The Labute approximate surface area is 161 Å². The van der Waals surface area contributed by atoms with Crippen LogP contribution in [0.15, 0.2) is 11.1 Å². The molecular weight excluding hydrogens is 366 g/mol. The highest BCUT2D eigenvalue weighted by Gasteiger charge is 2.22. The molecule has 2 aromatic heterocycles. The largest absolute Gasteiger partial charge is 0.468 e. The minimum absolute atomic E-state index is 0.0729. The van der Waals surface area contributed by atoms with Gasteiger partial charge >= 0.3 is 5.97 Å². The van der Waals surface area contributed by atoms with E-state index < -0.39 is 5.97 Å². The molecular formula is C19H25N3O4S. The molecule has 7 nitrogen and oxygen atoms in total. The van der Waals surface area contributed by atoms with E-state index in [1.165, 1.54) is 27.8 Å². The van der Waals surface area contributed by atoms with E-state index in [0.29, 0.717) is 0 Å². The second-order valence-corrected chi connectivity index (χ2v) is 8.16. The average molecular weight is 391 g/mol. The predicted molar refractivity (Wildman–Crippen MR) is 104 cm³/mol. The molecule has 2 aromatic rings. The highest BCUT2D eigenvalue weighted by atomic mass is 32.1. The third kappa shape index (κ3) is 4.05. The molecule has 0 N–H and O–H groups in total. The van der Waals surface area contributed by atoms with Crippen molar-refractivity contribution in [3.63, 3.8) is 0 Å². The number of carbonyl (C=O) groups excluding carboxylic acids is 2. The zero-order valence-corrected chi connectivity index (χ0v) is 16.8. The average Bonchev–Trinajstić information content (AvgIpc) is 3.04. The summed E-state index contributed by atoms with van der Waals surface area (Å²) < 4.78 is 6.17. The van der Waals surface area contributed by atoms with E-state index in [4.69, 9.17) is 0 Å². The van der Waals surface area contributed by atoms with Crippen molar-refractivity contribution in [2.75, 3.05) is 13.7 Å². The molecule has 0 saturated carbocycles. The summed E-state index contributed by atoms with van der Waals surface area (Å²) in [4.78, 5) is 45.0. The van der Waals surface area contributed by atoms with Crippen molar-refractivity contribution in [2.24, 2.45) is 0 Å². The van der Waals surface area contributed by atoms with E-state index in [9.17, 15) is 14.4 Å². The molecule has 3 rings (SSSR count). The van der Waals surface area contributed by atoms with Gasteiger partial charge in [-0.25, -0.2) is 4.98 Å². The number of methoxy groups -OCH3 is 1. The van der Waals surface area contributed by atoms with Gasteiger partial charge in [0.05, 0.1) is 18.8 Å². The Kier molecular flexibility index (Phi) is 5.94. The van der Waals surface area contributed by atoms with Crippen molar-refractivity contribution in [1.82, 2.24) is 14.5 Å². The van der Waals surface area contributed by atoms with Gasteiger partial charge in [-0.1, -0.05) is 0 Å². The molecule has 0 atom stereocenters. The molecule has 1 aliphatic rings. The van der Waals surface area contributed by atoms with Crippen LogP contribution in [-0.2, 0) is 33.7 Å². The van der Waals surface area contributed by atoms with Gasteiger partial charge in [-0.2, -0.15) is 0 Å². The first-order chi connectivity index (χ1) is 12.9. The first-order valence-corrected chi connectivity index (χ1v) is 10.1. The summed E-state index contributed by atoms with van der Waals surface area (Å²) in [6, 6.07) is -0.127. The van der Waals surface area contributed by atoms with Crippen LogP contribution in [0.2, 0.25) is 0 Å². The molecule has 0 fully saturated rings. The monoisotopic (exact) mass is 391 g/mol. The van der Waals surface area contributed by atoms with Crippen molar-refractivity contribution in [3.05, 3.63) is 27.1 Å². The molecule has 146 valence electrons. The van der Waals surface area contributed by atoms with Gasteiger partial charge in [0.25, 0.3) is 5.56 Å². The molecule has 0 aromatic carbocycles. The van der Waals surface area contributed by atoms with Gasteiger partial charge < -0.3 is 9.64 Å². The fourth-order valence-electron chi connectivity index (χ4n) is 3.46. The zero-order valence-electron chi connectivity index (χ0n) is 16.0. The molecule has 0 bridgehead atoms. The normalized spacial score (nSPS) is 13.6. The first-order valence-electron chi connectivity index (χ1n) is 9.28. The molecule has 0 unspecified atom stereocenters. The lowest BCUT2D eigenvalue weighted by Gasteiger charge is -2.25. The fraction of sp³-hybridized carbons (Fsp3) is 0.579. The van der Waals surface area contributed by atoms with E-state index in [-0.39, 0.29) is 37.0 Å². The number of fused-ring (bicyclic) bond motifs is 3. The Morgan fingerprint density at radius 3 is 2.78 bits per heavy atom. The second-order valence-electron chi connectivity index (χ2n) is 7.08. The Bertz CT molecular complexity index is 916. The van der Waals surface area contributed by atoms with Crippen LogP contribution in [0.25, 0.3) is 10.2 Å². The SMILES string of the molecule is COC(=O)CN(C(=O)CCn1cnc2sc3c(c2c1=O)CCCC3)C(C)C. The van der Waals surface area contributed by atoms with E-state index in [1.807, 2.05) is 13.8 Å². The standard InChI is InChI=1S/C19H25N3O4S/c1-12(2)22(10-16(24)26-3)15(23)8-9-21-11-20-18-17(19(21)25)13-6-4-5-7-14(13)27-18/h11-12H,4-10H2,1-3H3. The maximum absolute atomic E-state index is 12.9. The number of nitrogens with zero attached hydrogens (tertiary/aromatic N) is 3. The smallest absolute Gasteiger partial charge is 0.325 e. The lowest BCUT2D eigenvalue weighted by molar-refractivity contribution is -0.148. The van der Waals surface area contributed by atoms with Crippen LogP contribution < -0.4 is 5.56 Å². The minimum atomic E-state index is -0.456. The van der Waals surface area contributed by atoms with Crippen LogP contribution in [-0.4, -0.2) is 46.0 Å². The number of thiophene rings is 1. The van der Waals surface area contributed by atoms with Gasteiger partial charge in [0.15, 0.2) is 0 Å². The summed E-state index contributed by atoms with van der Waals surface area (Å²) >= 11 is 1.61. The number of ether oxygens (including phenoxy) is 1. The highest BCUT2D eigenvalue weighted by molar-refractivity contribution is 7.18. The van der Waals surface area contributed by atoms with Crippen molar-refractivity contribution >= 4 is 33.4 Å². The molecule has 0 aliphatic heterocycles. The number of esters is 1. The first kappa shape index (κ1) is 19.5. The van der Waals surface area contributed by atoms with Crippen LogP contribution in [0, 0.1) is 0 Å².